The minimum Gasteiger partial charge on any atom is -0.462 e. The van der Waals surface area contributed by atoms with E-state index in [2.05, 4.69) is 4.85 Å². The van der Waals surface area contributed by atoms with Gasteiger partial charge in [0, 0.05) is 5.69 Å². The number of carbonyl (C=O) groups excluding carboxylic acids is 1. The van der Waals surface area contributed by atoms with Crippen LogP contribution in [0.1, 0.15) is 39.5 Å². The third kappa shape index (κ3) is 6.07. The van der Waals surface area contributed by atoms with Crippen LogP contribution in [0.25, 0.3) is 16.1 Å². The highest BCUT2D eigenvalue weighted by molar-refractivity contribution is 5.89. The van der Waals surface area contributed by atoms with Crippen molar-refractivity contribution in [3.63, 3.8) is 0 Å². The van der Waals surface area contributed by atoms with Gasteiger partial charge in [-0.1, -0.05) is 29.8 Å². The van der Waals surface area contributed by atoms with Gasteiger partial charge in [0.05, 0.1) is 30.9 Å². The lowest BCUT2D eigenvalue weighted by Gasteiger charge is -2.19. The Morgan fingerprint density at radius 3 is 2.33 bits per heavy atom. The number of esters is 1. The minimum atomic E-state index is -4.89. The molecule has 0 saturated carbocycles. The van der Waals surface area contributed by atoms with Crippen molar-refractivity contribution in [3.8, 4) is 22.8 Å². The van der Waals surface area contributed by atoms with Crippen molar-refractivity contribution in [3.05, 3.63) is 122 Å². The highest BCUT2D eigenvalue weighted by Crippen LogP contribution is 2.37. The summed E-state index contributed by atoms with van der Waals surface area (Å²) >= 11 is 0. The van der Waals surface area contributed by atoms with Gasteiger partial charge in [0.2, 0.25) is 0 Å². The normalized spacial score (nSPS) is 11.1. The molecule has 0 aliphatic carbocycles. The minimum absolute atomic E-state index is 0.0140. The number of aryl methyl sites for hydroxylation is 2. The Morgan fingerprint density at radius 1 is 0.975 bits per heavy atom. The molecular weight excluding hydrogens is 521 g/mol. The predicted molar refractivity (Wildman–Crippen MR) is 145 cm³/mol. The SMILES string of the molecule is [C-]#[N+]c1c(C(F)(F)F)cc(-c2ccc(Oc3cccc(C(=O)OCC)c3)cc2)n(Cc2ccc(C)cc2C)c1=O. The Bertz CT molecular complexity index is 1670. The van der Waals surface area contributed by atoms with Crippen molar-refractivity contribution in [2.45, 2.75) is 33.5 Å². The summed E-state index contributed by atoms with van der Waals surface area (Å²) in [4.78, 5) is 28.2. The van der Waals surface area contributed by atoms with E-state index in [1.165, 1.54) is 22.8 Å². The summed E-state index contributed by atoms with van der Waals surface area (Å²) in [5.41, 5.74) is 0.00494. The van der Waals surface area contributed by atoms with Gasteiger partial charge in [-0.3, -0.25) is 4.79 Å². The van der Waals surface area contributed by atoms with E-state index in [-0.39, 0.29) is 18.8 Å². The van der Waals surface area contributed by atoms with E-state index in [1.807, 2.05) is 32.0 Å². The molecule has 6 nitrogen and oxygen atoms in total. The average molecular weight is 547 g/mol. The number of ether oxygens (including phenoxy) is 2. The van der Waals surface area contributed by atoms with Gasteiger partial charge in [0.1, 0.15) is 11.5 Å². The maximum Gasteiger partial charge on any atom is 0.407 e. The monoisotopic (exact) mass is 546 g/mol. The summed E-state index contributed by atoms with van der Waals surface area (Å²) in [5, 5.41) is 0. The molecule has 3 aromatic carbocycles. The van der Waals surface area contributed by atoms with Crippen LogP contribution in [0.3, 0.4) is 0 Å². The Balaban J connectivity index is 1.76. The molecule has 204 valence electrons. The van der Waals surface area contributed by atoms with Crippen LogP contribution >= 0.6 is 0 Å². The van der Waals surface area contributed by atoms with Gasteiger partial charge in [-0.25, -0.2) is 9.64 Å². The lowest BCUT2D eigenvalue weighted by atomic mass is 10.0. The Hall–Kier alpha value is -4.84. The summed E-state index contributed by atoms with van der Waals surface area (Å²) in [6.07, 6.45) is -4.89. The molecule has 0 atom stereocenters. The molecule has 0 saturated heterocycles. The number of rotatable bonds is 7. The van der Waals surface area contributed by atoms with Crippen LogP contribution < -0.4 is 10.3 Å². The van der Waals surface area contributed by atoms with E-state index in [9.17, 15) is 22.8 Å². The van der Waals surface area contributed by atoms with Crippen molar-refractivity contribution in [2.75, 3.05) is 6.61 Å². The van der Waals surface area contributed by atoms with Crippen LogP contribution in [0.2, 0.25) is 0 Å². The smallest absolute Gasteiger partial charge is 0.407 e. The summed E-state index contributed by atoms with van der Waals surface area (Å²) in [6.45, 7) is 13.0. The fourth-order valence-electron chi connectivity index (χ4n) is 4.28. The first-order valence-corrected chi connectivity index (χ1v) is 12.4. The van der Waals surface area contributed by atoms with Gasteiger partial charge in [-0.15, -0.1) is 0 Å². The molecule has 0 unspecified atom stereocenters. The van der Waals surface area contributed by atoms with E-state index in [0.717, 1.165) is 22.8 Å². The van der Waals surface area contributed by atoms with Crippen LogP contribution in [0, 0.1) is 20.4 Å². The highest BCUT2D eigenvalue weighted by Gasteiger charge is 2.36. The number of halogens is 3. The molecule has 0 amide bonds. The van der Waals surface area contributed by atoms with Gasteiger partial charge in [-0.05, 0) is 86.0 Å². The van der Waals surface area contributed by atoms with Gasteiger partial charge >= 0.3 is 12.1 Å². The number of pyridine rings is 1. The zero-order chi connectivity index (χ0) is 29.0. The van der Waals surface area contributed by atoms with Crippen LogP contribution in [-0.2, 0) is 17.5 Å². The van der Waals surface area contributed by atoms with E-state index in [0.29, 0.717) is 22.6 Å². The van der Waals surface area contributed by atoms with Crippen LogP contribution in [-0.4, -0.2) is 17.1 Å². The van der Waals surface area contributed by atoms with E-state index < -0.39 is 29.0 Å². The van der Waals surface area contributed by atoms with E-state index in [4.69, 9.17) is 16.0 Å². The Kier molecular flexibility index (Phi) is 8.10. The molecule has 1 aromatic heterocycles. The second-order valence-electron chi connectivity index (χ2n) is 9.10. The molecule has 4 rings (SSSR count). The van der Waals surface area contributed by atoms with Gasteiger partial charge in [0.25, 0.3) is 11.2 Å². The van der Waals surface area contributed by atoms with Crippen LogP contribution in [0.4, 0.5) is 18.9 Å². The quantitative estimate of drug-likeness (QED) is 0.176. The molecular formula is C31H25F3N2O4. The fraction of sp³-hybridized carbons (Fsp3) is 0.194. The first-order valence-electron chi connectivity index (χ1n) is 12.4. The molecule has 0 N–H and O–H groups in total. The third-order valence-electron chi connectivity index (χ3n) is 6.25. The maximum atomic E-state index is 13.9. The van der Waals surface area contributed by atoms with Crippen molar-refractivity contribution >= 4 is 11.7 Å². The van der Waals surface area contributed by atoms with Gasteiger partial charge in [-0.2, -0.15) is 13.2 Å². The summed E-state index contributed by atoms with van der Waals surface area (Å²) in [6, 6.07) is 19.0. The predicted octanol–water partition coefficient (Wildman–Crippen LogP) is 7.72. The molecule has 0 aliphatic heterocycles. The summed E-state index contributed by atoms with van der Waals surface area (Å²) < 4.78 is 53.7. The lowest BCUT2D eigenvalue weighted by molar-refractivity contribution is -0.136. The standard InChI is InChI=1S/C31H25F3N2O4/c1-5-39-30(38)22-7-6-8-25(16-22)40-24-13-11-21(12-14-24)27-17-26(31(32,33)34)28(35-4)29(37)36(27)18-23-10-9-19(2)15-20(23)3/h6-17H,5,18H2,1-3H3. The second-order valence-corrected chi connectivity index (χ2v) is 9.10. The van der Waals surface area contributed by atoms with Crippen molar-refractivity contribution in [2.24, 2.45) is 0 Å². The first kappa shape index (κ1) is 28.2. The van der Waals surface area contributed by atoms with Crippen molar-refractivity contribution in [1.29, 1.82) is 0 Å². The van der Waals surface area contributed by atoms with Gasteiger partial charge < -0.3 is 14.0 Å². The molecule has 9 heteroatoms. The summed E-state index contributed by atoms with van der Waals surface area (Å²) in [5.74, 6) is 0.237. The van der Waals surface area contributed by atoms with Crippen molar-refractivity contribution < 1.29 is 27.4 Å². The number of nitrogens with zero attached hydrogens (tertiary/aromatic N) is 2. The number of hydrogen-bond acceptors (Lipinski definition) is 4. The number of aromatic nitrogens is 1. The lowest BCUT2D eigenvalue weighted by Crippen LogP contribution is -2.25. The molecule has 1 heterocycles. The van der Waals surface area contributed by atoms with E-state index >= 15 is 0 Å². The second kappa shape index (κ2) is 11.5. The largest absolute Gasteiger partial charge is 0.462 e. The molecule has 4 aromatic rings. The average Bonchev–Trinajstić information content (AvgIpc) is 2.91. The van der Waals surface area contributed by atoms with Crippen LogP contribution in [0.5, 0.6) is 11.5 Å². The number of carbonyl (C=O) groups is 1. The molecule has 0 radical (unpaired) electrons. The number of hydrogen-bond donors (Lipinski definition) is 0. The molecule has 0 bridgehead atoms. The molecule has 40 heavy (non-hydrogen) atoms. The number of alkyl halides is 3. The Labute approximate surface area is 229 Å². The van der Waals surface area contributed by atoms with Gasteiger partial charge in [0.15, 0.2) is 0 Å². The third-order valence-corrected chi connectivity index (χ3v) is 6.25. The Morgan fingerprint density at radius 2 is 1.70 bits per heavy atom. The zero-order valence-electron chi connectivity index (χ0n) is 22.0. The number of benzene rings is 3. The highest BCUT2D eigenvalue weighted by atomic mass is 19.4. The van der Waals surface area contributed by atoms with E-state index in [1.54, 1.807) is 37.3 Å². The molecule has 0 spiro atoms. The van der Waals surface area contributed by atoms with Crippen molar-refractivity contribution in [1.82, 2.24) is 4.57 Å². The fourth-order valence-corrected chi connectivity index (χ4v) is 4.28. The first-order chi connectivity index (χ1) is 19.0. The molecule has 0 aliphatic rings. The topological polar surface area (TPSA) is 61.9 Å². The maximum absolute atomic E-state index is 13.9. The molecule has 0 fully saturated rings. The summed E-state index contributed by atoms with van der Waals surface area (Å²) in [7, 11) is 0. The zero-order valence-corrected chi connectivity index (χ0v) is 22.0. The van der Waals surface area contributed by atoms with Crippen LogP contribution in [0.15, 0.2) is 77.6 Å².